The molecule has 0 amide bonds. The van der Waals surface area contributed by atoms with Crippen LogP contribution < -0.4 is 0 Å². The highest BCUT2D eigenvalue weighted by Crippen LogP contribution is 2.07. The normalized spacial score (nSPS) is 21.1. The zero-order valence-corrected chi connectivity index (χ0v) is 6.17. The van der Waals surface area contributed by atoms with Crippen LogP contribution in [-0.2, 0) is 4.79 Å². The molecule has 0 aromatic heterocycles. The Hall–Kier alpha value is -0.560. The number of alkyl halides is 1. The van der Waals surface area contributed by atoms with E-state index in [4.69, 9.17) is 20.4 Å². The predicted molar refractivity (Wildman–Crippen MR) is 36.1 cm³/mol. The van der Waals surface area contributed by atoms with Crippen molar-refractivity contribution >= 4 is 6.29 Å². The second-order valence-corrected chi connectivity index (χ2v) is 2.31. The first-order chi connectivity index (χ1) is 5.54. The lowest BCUT2D eigenvalue weighted by molar-refractivity contribution is -0.127. The summed E-state index contributed by atoms with van der Waals surface area (Å²) in [6.45, 7) is -0.885. The first kappa shape index (κ1) is 11.4. The molecule has 0 rings (SSSR count). The predicted octanol–water partition coefficient (Wildman–Crippen LogP) is -2.40. The molecule has 12 heavy (non-hydrogen) atoms. The lowest BCUT2D eigenvalue weighted by Gasteiger charge is -2.20. The van der Waals surface area contributed by atoms with Crippen molar-refractivity contribution in [3.05, 3.63) is 0 Å². The topological polar surface area (TPSA) is 98.0 Å². The van der Waals surface area contributed by atoms with E-state index in [1.807, 2.05) is 0 Å². The lowest BCUT2D eigenvalue weighted by atomic mass is 10.1. The molecule has 0 fully saturated rings. The Bertz CT molecular complexity index is 142. The molecule has 0 spiro atoms. The third-order valence-corrected chi connectivity index (χ3v) is 1.37. The third-order valence-electron chi connectivity index (χ3n) is 1.37. The molecule has 6 heteroatoms. The van der Waals surface area contributed by atoms with Crippen LogP contribution in [0.4, 0.5) is 4.39 Å². The first-order valence-corrected chi connectivity index (χ1v) is 3.29. The Morgan fingerprint density at radius 1 is 1.33 bits per heavy atom. The number of halogens is 1. The molecule has 0 aliphatic rings. The smallest absolute Gasteiger partial charge is 0.157 e. The second-order valence-electron chi connectivity index (χ2n) is 2.31. The molecule has 0 unspecified atom stereocenters. The largest absolute Gasteiger partial charge is 0.394 e. The van der Waals surface area contributed by atoms with Gasteiger partial charge in [-0.3, -0.25) is 0 Å². The van der Waals surface area contributed by atoms with Gasteiger partial charge in [0.2, 0.25) is 0 Å². The number of hydrogen-bond donors (Lipinski definition) is 4. The van der Waals surface area contributed by atoms with Gasteiger partial charge >= 0.3 is 0 Å². The van der Waals surface area contributed by atoms with Crippen LogP contribution in [0.5, 0.6) is 0 Å². The van der Waals surface area contributed by atoms with Crippen LogP contribution in [0.1, 0.15) is 0 Å². The number of aliphatic hydroxyl groups excluding tert-OH is 4. The second kappa shape index (κ2) is 5.15. The van der Waals surface area contributed by atoms with Crippen molar-refractivity contribution in [1.82, 2.24) is 0 Å². The van der Waals surface area contributed by atoms with Gasteiger partial charge in [-0.2, -0.15) is 0 Å². The van der Waals surface area contributed by atoms with Gasteiger partial charge in [-0.15, -0.1) is 0 Å². The number of carbonyl (C=O) groups excluding carboxylic acids is 1. The Morgan fingerprint density at radius 3 is 2.17 bits per heavy atom. The van der Waals surface area contributed by atoms with Crippen LogP contribution in [-0.4, -0.2) is 57.8 Å². The van der Waals surface area contributed by atoms with E-state index in [9.17, 15) is 9.18 Å². The standard InChI is InChI=1S/C6H11FO5/c7-5(3(10)1-8)6(12)4(11)2-9/h2-6,8,10-12H,1H2/t3-,4+,5+,6+/m0/s1. The first-order valence-electron chi connectivity index (χ1n) is 3.29. The maximum absolute atomic E-state index is 12.6. The Labute approximate surface area is 68.1 Å². The van der Waals surface area contributed by atoms with Crippen molar-refractivity contribution in [1.29, 1.82) is 0 Å². The molecule has 4 N–H and O–H groups in total. The van der Waals surface area contributed by atoms with Crippen molar-refractivity contribution in [2.24, 2.45) is 0 Å². The maximum atomic E-state index is 12.6. The molecule has 0 aliphatic heterocycles. The van der Waals surface area contributed by atoms with Crippen molar-refractivity contribution in [3.63, 3.8) is 0 Å². The van der Waals surface area contributed by atoms with Crippen molar-refractivity contribution in [3.8, 4) is 0 Å². The van der Waals surface area contributed by atoms with Crippen LogP contribution in [0.15, 0.2) is 0 Å². The fourth-order valence-corrected chi connectivity index (χ4v) is 0.597. The van der Waals surface area contributed by atoms with Crippen molar-refractivity contribution in [2.75, 3.05) is 6.61 Å². The van der Waals surface area contributed by atoms with Gasteiger partial charge in [0.05, 0.1) is 6.61 Å². The van der Waals surface area contributed by atoms with Gasteiger partial charge in [-0.05, 0) is 0 Å². The number of hydrogen-bond acceptors (Lipinski definition) is 5. The van der Waals surface area contributed by atoms with Crippen molar-refractivity contribution in [2.45, 2.75) is 24.5 Å². The average molecular weight is 182 g/mol. The minimum atomic E-state index is -2.24. The monoisotopic (exact) mass is 182 g/mol. The average Bonchev–Trinajstić information content (AvgIpc) is 2.12. The SMILES string of the molecule is O=C[C@@H](O)[C@@H](O)[C@H](F)[C@@H](O)CO. The van der Waals surface area contributed by atoms with Crippen LogP contribution in [0.2, 0.25) is 0 Å². The van der Waals surface area contributed by atoms with E-state index >= 15 is 0 Å². The molecule has 0 bridgehead atoms. The van der Waals surface area contributed by atoms with E-state index in [0.717, 1.165) is 0 Å². The number of aliphatic hydroxyl groups is 4. The van der Waals surface area contributed by atoms with Gasteiger partial charge in [-0.25, -0.2) is 4.39 Å². The van der Waals surface area contributed by atoms with E-state index in [2.05, 4.69) is 0 Å². The molecule has 0 radical (unpaired) electrons. The lowest BCUT2D eigenvalue weighted by Crippen LogP contribution is -2.43. The summed E-state index contributed by atoms with van der Waals surface area (Å²) in [5, 5.41) is 34.2. The highest BCUT2D eigenvalue weighted by molar-refractivity contribution is 5.56. The summed E-state index contributed by atoms with van der Waals surface area (Å²) in [6, 6.07) is 0. The van der Waals surface area contributed by atoms with Gasteiger partial charge in [0.15, 0.2) is 12.5 Å². The summed E-state index contributed by atoms with van der Waals surface area (Å²) in [5.41, 5.74) is 0. The Balaban J connectivity index is 4.07. The zero-order valence-electron chi connectivity index (χ0n) is 6.17. The van der Waals surface area contributed by atoms with Gasteiger partial charge in [0.25, 0.3) is 0 Å². The quantitative estimate of drug-likeness (QED) is 0.355. The molecular formula is C6H11FO5. The molecule has 0 heterocycles. The molecule has 0 saturated carbocycles. The summed E-state index contributed by atoms with van der Waals surface area (Å²) >= 11 is 0. The maximum Gasteiger partial charge on any atom is 0.157 e. The van der Waals surface area contributed by atoms with E-state index in [0.29, 0.717) is 0 Å². The van der Waals surface area contributed by atoms with Gasteiger partial charge in [0, 0.05) is 0 Å². The Morgan fingerprint density at radius 2 is 1.83 bits per heavy atom. The molecule has 72 valence electrons. The minimum Gasteiger partial charge on any atom is -0.394 e. The molecule has 0 aliphatic carbocycles. The van der Waals surface area contributed by atoms with Gasteiger partial charge in [-0.1, -0.05) is 0 Å². The van der Waals surface area contributed by atoms with Crippen LogP contribution in [0, 0.1) is 0 Å². The summed E-state index contributed by atoms with van der Waals surface area (Å²) in [7, 11) is 0. The molecule has 0 aromatic carbocycles. The molecule has 4 atom stereocenters. The highest BCUT2D eigenvalue weighted by atomic mass is 19.1. The van der Waals surface area contributed by atoms with Crippen LogP contribution in [0.25, 0.3) is 0 Å². The van der Waals surface area contributed by atoms with E-state index in [1.165, 1.54) is 0 Å². The summed E-state index contributed by atoms with van der Waals surface area (Å²) in [4.78, 5) is 9.84. The van der Waals surface area contributed by atoms with Gasteiger partial charge in [0.1, 0.15) is 18.3 Å². The van der Waals surface area contributed by atoms with E-state index < -0.39 is 31.1 Å². The summed E-state index contributed by atoms with van der Waals surface area (Å²) in [5.74, 6) is 0. The number of rotatable bonds is 5. The van der Waals surface area contributed by atoms with E-state index in [1.54, 1.807) is 0 Å². The Kier molecular flexibility index (Phi) is 4.91. The van der Waals surface area contributed by atoms with Crippen molar-refractivity contribution < 1.29 is 29.6 Å². The molecule has 0 saturated heterocycles. The fraction of sp³-hybridized carbons (Fsp3) is 0.833. The summed E-state index contributed by atoms with van der Waals surface area (Å²) in [6.07, 6.45) is -7.99. The molecule has 5 nitrogen and oxygen atoms in total. The number of aldehydes is 1. The zero-order chi connectivity index (χ0) is 9.72. The van der Waals surface area contributed by atoms with E-state index in [-0.39, 0.29) is 6.29 Å². The fourth-order valence-electron chi connectivity index (χ4n) is 0.597. The summed E-state index contributed by atoms with van der Waals surface area (Å²) < 4.78 is 12.6. The molecular weight excluding hydrogens is 171 g/mol. The minimum absolute atomic E-state index is 0.0542. The van der Waals surface area contributed by atoms with Gasteiger partial charge < -0.3 is 25.2 Å². The molecule has 0 aromatic rings. The number of carbonyl (C=O) groups is 1. The van der Waals surface area contributed by atoms with Crippen LogP contribution in [0.3, 0.4) is 0 Å². The van der Waals surface area contributed by atoms with Crippen LogP contribution >= 0.6 is 0 Å². The third kappa shape index (κ3) is 2.82. The highest BCUT2D eigenvalue weighted by Gasteiger charge is 2.31.